The lowest BCUT2D eigenvalue weighted by atomic mass is 10.2. The van der Waals surface area contributed by atoms with Crippen molar-refractivity contribution in [2.75, 3.05) is 38.3 Å². The van der Waals surface area contributed by atoms with Gasteiger partial charge in [-0.3, -0.25) is 4.79 Å². The minimum atomic E-state index is -3.33. The van der Waals surface area contributed by atoms with E-state index in [9.17, 15) is 13.2 Å². The number of amides is 1. The largest absolute Gasteiger partial charge is 0.370 e. The molecule has 2 N–H and O–H groups in total. The van der Waals surface area contributed by atoms with E-state index in [-0.39, 0.29) is 18.2 Å². The molecule has 0 fully saturated rings. The van der Waals surface area contributed by atoms with Gasteiger partial charge in [0.25, 0.3) is 5.91 Å². The number of hydrogen-bond donors (Lipinski definition) is 2. The van der Waals surface area contributed by atoms with Crippen LogP contribution in [-0.2, 0) is 10.0 Å². The number of nitrogens with zero attached hydrogens (tertiary/aromatic N) is 2. The van der Waals surface area contributed by atoms with Gasteiger partial charge in [-0.25, -0.2) is 17.7 Å². The van der Waals surface area contributed by atoms with Gasteiger partial charge in [0.05, 0.1) is 11.3 Å². The topological polar surface area (TPSA) is 91.4 Å². The zero-order chi connectivity index (χ0) is 16.0. The van der Waals surface area contributed by atoms with Crippen molar-refractivity contribution in [2.24, 2.45) is 0 Å². The molecule has 1 aromatic rings. The molecule has 9 heteroatoms. The maximum absolute atomic E-state index is 12.1. The molecule has 0 saturated carbocycles. The van der Waals surface area contributed by atoms with Gasteiger partial charge in [-0.2, -0.15) is 0 Å². The maximum atomic E-state index is 12.1. The first kappa shape index (κ1) is 17.9. The zero-order valence-corrected chi connectivity index (χ0v) is 14.6. The molecule has 1 aromatic heterocycles. The van der Waals surface area contributed by atoms with Crippen LogP contribution in [0.15, 0.2) is 16.7 Å². The van der Waals surface area contributed by atoms with Crippen LogP contribution in [0.2, 0.25) is 0 Å². The molecule has 1 amide bonds. The Morgan fingerprint density at radius 1 is 1.43 bits per heavy atom. The molecule has 0 saturated heterocycles. The number of carbonyl (C=O) groups excluding carboxylic acids is 1. The van der Waals surface area contributed by atoms with E-state index in [4.69, 9.17) is 0 Å². The Morgan fingerprint density at radius 2 is 2.10 bits per heavy atom. The van der Waals surface area contributed by atoms with Crippen molar-refractivity contribution in [1.82, 2.24) is 14.6 Å². The summed E-state index contributed by atoms with van der Waals surface area (Å²) in [6.45, 7) is 2.57. The second kappa shape index (κ2) is 7.71. The maximum Gasteiger partial charge on any atom is 0.255 e. The fourth-order valence-corrected chi connectivity index (χ4v) is 2.55. The van der Waals surface area contributed by atoms with Crippen LogP contribution in [0.1, 0.15) is 17.3 Å². The minimum Gasteiger partial charge on any atom is -0.370 e. The van der Waals surface area contributed by atoms with Crippen molar-refractivity contribution in [3.63, 3.8) is 0 Å². The van der Waals surface area contributed by atoms with Crippen LogP contribution in [0.3, 0.4) is 0 Å². The molecule has 0 bridgehead atoms. The summed E-state index contributed by atoms with van der Waals surface area (Å²) in [4.78, 5) is 16.3. The Labute approximate surface area is 133 Å². The van der Waals surface area contributed by atoms with Gasteiger partial charge < -0.3 is 10.6 Å². The lowest BCUT2D eigenvalue weighted by molar-refractivity contribution is 0.0956. The van der Waals surface area contributed by atoms with Crippen LogP contribution in [0.25, 0.3) is 0 Å². The molecular weight excluding hydrogens is 360 g/mol. The molecule has 118 valence electrons. The Hall–Kier alpha value is -1.19. The first-order valence-corrected chi connectivity index (χ1v) is 8.76. The van der Waals surface area contributed by atoms with Crippen LogP contribution >= 0.6 is 15.9 Å². The van der Waals surface area contributed by atoms with Crippen LogP contribution in [0.5, 0.6) is 0 Å². The number of rotatable bonds is 7. The van der Waals surface area contributed by atoms with E-state index >= 15 is 0 Å². The molecule has 7 nitrogen and oxygen atoms in total. The summed E-state index contributed by atoms with van der Waals surface area (Å²) >= 11 is 3.26. The smallest absolute Gasteiger partial charge is 0.255 e. The number of halogens is 1. The number of aromatic nitrogens is 1. The summed E-state index contributed by atoms with van der Waals surface area (Å²) in [5, 5.41) is 5.58. The summed E-state index contributed by atoms with van der Waals surface area (Å²) in [6.07, 6.45) is 1.59. The average molecular weight is 379 g/mol. The van der Waals surface area contributed by atoms with E-state index in [1.54, 1.807) is 12.3 Å². The Balaban J connectivity index is 2.74. The third-order valence-corrected chi connectivity index (χ3v) is 4.91. The predicted octanol–water partition coefficient (Wildman–Crippen LogP) is 0.897. The van der Waals surface area contributed by atoms with Gasteiger partial charge in [-0.05, 0) is 28.9 Å². The van der Waals surface area contributed by atoms with E-state index < -0.39 is 10.0 Å². The van der Waals surface area contributed by atoms with Crippen LogP contribution in [0.4, 0.5) is 5.82 Å². The first-order chi connectivity index (χ1) is 9.77. The molecule has 0 aliphatic heterocycles. The molecule has 0 unspecified atom stereocenters. The molecule has 0 aromatic carbocycles. The minimum absolute atomic E-state index is 0.0391. The third kappa shape index (κ3) is 5.25. The summed E-state index contributed by atoms with van der Waals surface area (Å²) in [7, 11) is -0.412. The van der Waals surface area contributed by atoms with Gasteiger partial charge in [0, 0.05) is 37.9 Å². The SMILES string of the molecule is CCNc1ncc(Br)cc1C(=O)NCCS(=O)(=O)N(C)C. The molecule has 0 aliphatic carbocycles. The van der Waals surface area contributed by atoms with E-state index in [0.717, 1.165) is 4.31 Å². The first-order valence-electron chi connectivity index (χ1n) is 6.35. The van der Waals surface area contributed by atoms with Crippen LogP contribution in [0, 0.1) is 0 Å². The number of anilines is 1. The normalized spacial score (nSPS) is 11.5. The third-order valence-electron chi connectivity index (χ3n) is 2.65. The number of hydrogen-bond acceptors (Lipinski definition) is 5. The molecular formula is C12H19BrN4O3S. The molecule has 0 spiro atoms. The Kier molecular flexibility index (Phi) is 6.56. The van der Waals surface area contributed by atoms with Gasteiger partial charge >= 0.3 is 0 Å². The van der Waals surface area contributed by atoms with Gasteiger partial charge in [0.1, 0.15) is 5.82 Å². The lowest BCUT2D eigenvalue weighted by Gasteiger charge is -2.13. The van der Waals surface area contributed by atoms with Gasteiger partial charge in [0.15, 0.2) is 0 Å². The standard InChI is InChI=1S/C12H19BrN4O3S/c1-4-14-11-10(7-9(13)8-16-11)12(18)15-5-6-21(19,20)17(2)3/h7-8H,4-6H2,1-3H3,(H,14,16)(H,15,18). The van der Waals surface area contributed by atoms with Crippen molar-refractivity contribution < 1.29 is 13.2 Å². The van der Waals surface area contributed by atoms with Gasteiger partial charge in [-0.1, -0.05) is 0 Å². The van der Waals surface area contributed by atoms with Gasteiger partial charge in [0.2, 0.25) is 10.0 Å². The van der Waals surface area contributed by atoms with E-state index in [2.05, 4.69) is 31.5 Å². The fraction of sp³-hybridized carbons (Fsp3) is 0.500. The zero-order valence-electron chi connectivity index (χ0n) is 12.2. The number of carbonyl (C=O) groups is 1. The summed E-state index contributed by atoms with van der Waals surface area (Å²) < 4.78 is 25.0. The molecule has 0 radical (unpaired) electrons. The van der Waals surface area contributed by atoms with Crippen LogP contribution < -0.4 is 10.6 Å². The average Bonchev–Trinajstić information content (AvgIpc) is 2.40. The highest BCUT2D eigenvalue weighted by Gasteiger charge is 2.16. The van der Waals surface area contributed by atoms with Crippen molar-refractivity contribution in [3.8, 4) is 0 Å². The molecule has 1 heterocycles. The Bertz CT molecular complexity index is 605. The number of nitrogens with one attached hydrogen (secondary N) is 2. The second-order valence-corrected chi connectivity index (χ2v) is 7.65. The second-order valence-electron chi connectivity index (χ2n) is 4.43. The molecule has 0 atom stereocenters. The molecule has 21 heavy (non-hydrogen) atoms. The summed E-state index contributed by atoms with van der Waals surface area (Å²) in [5.74, 6) is -0.0497. The summed E-state index contributed by atoms with van der Waals surface area (Å²) in [5.41, 5.74) is 0.369. The van der Waals surface area contributed by atoms with Crippen molar-refractivity contribution >= 4 is 37.7 Å². The van der Waals surface area contributed by atoms with Crippen molar-refractivity contribution in [3.05, 3.63) is 22.3 Å². The molecule has 0 aliphatic rings. The number of sulfonamides is 1. The highest BCUT2D eigenvalue weighted by molar-refractivity contribution is 9.10. The predicted molar refractivity (Wildman–Crippen MR) is 85.9 cm³/mol. The van der Waals surface area contributed by atoms with E-state index in [1.165, 1.54) is 14.1 Å². The van der Waals surface area contributed by atoms with E-state index in [1.807, 2.05) is 6.92 Å². The fourth-order valence-electron chi connectivity index (χ4n) is 1.49. The lowest BCUT2D eigenvalue weighted by Crippen LogP contribution is -2.34. The van der Waals surface area contributed by atoms with Gasteiger partial charge in [-0.15, -0.1) is 0 Å². The summed E-state index contributed by atoms with van der Waals surface area (Å²) in [6, 6.07) is 1.64. The van der Waals surface area contributed by atoms with Crippen LogP contribution in [-0.4, -0.2) is 56.6 Å². The Morgan fingerprint density at radius 3 is 2.67 bits per heavy atom. The number of pyridine rings is 1. The van der Waals surface area contributed by atoms with E-state index in [0.29, 0.717) is 22.4 Å². The molecule has 1 rings (SSSR count). The highest BCUT2D eigenvalue weighted by Crippen LogP contribution is 2.17. The van der Waals surface area contributed by atoms with Crippen molar-refractivity contribution in [1.29, 1.82) is 0 Å². The monoisotopic (exact) mass is 378 g/mol. The highest BCUT2D eigenvalue weighted by atomic mass is 79.9. The quantitative estimate of drug-likeness (QED) is 0.735. The van der Waals surface area contributed by atoms with Crippen molar-refractivity contribution in [2.45, 2.75) is 6.92 Å².